The topological polar surface area (TPSA) is 71.4 Å². The molecule has 0 amide bonds. The van der Waals surface area contributed by atoms with E-state index in [4.69, 9.17) is 0 Å². The molecule has 0 heterocycles. The van der Waals surface area contributed by atoms with Crippen LogP contribution >= 0.6 is 24.4 Å². The Hall–Kier alpha value is -2.06. The number of aliphatic hydroxyl groups is 1. The Morgan fingerprint density at radius 3 is 2.06 bits per heavy atom. The molecule has 0 saturated carbocycles. The molecule has 0 radical (unpaired) electrons. The van der Waals surface area contributed by atoms with Crippen LogP contribution in [0.5, 0.6) is 0 Å². The van der Waals surface area contributed by atoms with Gasteiger partial charge < -0.3 is 5.11 Å². The maximum atomic E-state index is 13.4. The number of hydrogen-bond donors (Lipinski definition) is 2. The zero-order valence-corrected chi connectivity index (χ0v) is 19.8. The number of thiol groups is 1. The van der Waals surface area contributed by atoms with E-state index in [-0.39, 0.29) is 16.0 Å². The third-order valence-electron chi connectivity index (χ3n) is 5.12. The molecule has 1 N–H and O–H groups in total. The Bertz CT molecular complexity index is 1150. The van der Waals surface area contributed by atoms with Crippen molar-refractivity contribution in [3.8, 4) is 0 Å². The number of aryl methyl sites for hydroxylation is 1. The Labute approximate surface area is 193 Å². The third-order valence-corrected chi connectivity index (χ3v) is 8.02. The first kappa shape index (κ1) is 23.6. The molecule has 0 bridgehead atoms. The quantitative estimate of drug-likeness (QED) is 0.283. The van der Waals surface area contributed by atoms with Gasteiger partial charge in [0.2, 0.25) is 0 Å². The van der Waals surface area contributed by atoms with Crippen LogP contribution in [0, 0.1) is 6.92 Å². The molecule has 3 aromatic rings. The number of rotatable bonds is 8. The standard InChI is InChI=1S/C24H24O4S3/c1-17-3-13-22(14-4-17)31(27,28)16-24(26,20-9-11-21(30-2)12-10-20)23(25)19-7-5-18(15-29)6-8-19/h3-14,26,29H,15-16H2,1-2H3. The van der Waals surface area contributed by atoms with Gasteiger partial charge in [0.15, 0.2) is 21.2 Å². The second kappa shape index (κ2) is 9.61. The lowest BCUT2D eigenvalue weighted by atomic mass is 9.87. The van der Waals surface area contributed by atoms with E-state index < -0.39 is 27.0 Å². The number of hydrogen-bond acceptors (Lipinski definition) is 6. The van der Waals surface area contributed by atoms with Crippen LogP contribution in [0.4, 0.5) is 0 Å². The molecule has 0 aliphatic rings. The fourth-order valence-corrected chi connectivity index (χ4v) is 5.44. The minimum absolute atomic E-state index is 0.0653. The van der Waals surface area contributed by atoms with Gasteiger partial charge in [-0.3, -0.25) is 4.79 Å². The predicted octanol–water partition coefficient (Wildman–Crippen LogP) is 4.69. The lowest BCUT2D eigenvalue weighted by molar-refractivity contribution is 0.0407. The lowest BCUT2D eigenvalue weighted by Crippen LogP contribution is -2.42. The van der Waals surface area contributed by atoms with Gasteiger partial charge in [0.05, 0.1) is 10.6 Å². The molecule has 0 aliphatic carbocycles. The highest BCUT2D eigenvalue weighted by Gasteiger charge is 2.43. The third kappa shape index (κ3) is 5.23. The summed E-state index contributed by atoms with van der Waals surface area (Å²) in [7, 11) is -3.95. The van der Waals surface area contributed by atoms with Crippen molar-refractivity contribution in [3.63, 3.8) is 0 Å². The average molecular weight is 473 g/mol. The number of sulfone groups is 1. The van der Waals surface area contributed by atoms with Gasteiger partial charge in [-0.15, -0.1) is 11.8 Å². The Kier molecular flexibility index (Phi) is 7.31. The fraction of sp³-hybridized carbons (Fsp3) is 0.208. The van der Waals surface area contributed by atoms with E-state index in [9.17, 15) is 18.3 Å². The largest absolute Gasteiger partial charge is 0.376 e. The molecule has 0 fully saturated rings. The summed E-state index contributed by atoms with van der Waals surface area (Å²) >= 11 is 5.73. The van der Waals surface area contributed by atoms with E-state index >= 15 is 0 Å². The van der Waals surface area contributed by atoms with Crippen molar-refractivity contribution in [2.45, 2.75) is 28.1 Å². The second-order valence-electron chi connectivity index (χ2n) is 7.35. The average Bonchev–Trinajstić information content (AvgIpc) is 2.78. The van der Waals surface area contributed by atoms with Gasteiger partial charge in [0.25, 0.3) is 0 Å². The van der Waals surface area contributed by atoms with Gasteiger partial charge in [0, 0.05) is 16.2 Å². The van der Waals surface area contributed by atoms with Crippen LogP contribution in [0.15, 0.2) is 82.6 Å². The molecule has 4 nitrogen and oxygen atoms in total. The normalized spacial score (nSPS) is 13.5. The first-order valence-corrected chi connectivity index (χ1v) is 13.1. The van der Waals surface area contributed by atoms with Gasteiger partial charge in [-0.1, -0.05) is 54.1 Å². The van der Waals surface area contributed by atoms with Crippen LogP contribution in [0.25, 0.3) is 0 Å². The zero-order valence-electron chi connectivity index (χ0n) is 17.3. The molecule has 162 valence electrons. The monoisotopic (exact) mass is 472 g/mol. The summed E-state index contributed by atoms with van der Waals surface area (Å²) < 4.78 is 26.3. The molecule has 3 aromatic carbocycles. The molecule has 0 aliphatic heterocycles. The van der Waals surface area contributed by atoms with Crippen molar-refractivity contribution in [2.75, 3.05) is 12.0 Å². The second-order valence-corrected chi connectivity index (χ2v) is 10.5. The molecular formula is C24H24O4S3. The molecule has 0 saturated heterocycles. The van der Waals surface area contributed by atoms with Crippen molar-refractivity contribution >= 4 is 40.0 Å². The van der Waals surface area contributed by atoms with E-state index in [0.717, 1.165) is 16.0 Å². The van der Waals surface area contributed by atoms with Gasteiger partial charge in [-0.05, 0) is 48.6 Å². The van der Waals surface area contributed by atoms with E-state index in [1.54, 1.807) is 60.7 Å². The lowest BCUT2D eigenvalue weighted by Gasteiger charge is -2.27. The van der Waals surface area contributed by atoms with Crippen molar-refractivity contribution in [3.05, 3.63) is 95.1 Å². The van der Waals surface area contributed by atoms with Gasteiger partial charge in [-0.25, -0.2) is 8.42 Å². The van der Waals surface area contributed by atoms with Crippen LogP contribution in [-0.4, -0.2) is 31.3 Å². The molecule has 1 atom stereocenters. The number of carbonyl (C=O) groups excluding carboxylic acids is 1. The van der Waals surface area contributed by atoms with E-state index in [1.807, 2.05) is 13.2 Å². The van der Waals surface area contributed by atoms with Crippen LogP contribution in [0.1, 0.15) is 27.0 Å². The van der Waals surface area contributed by atoms with Crippen LogP contribution in [0.3, 0.4) is 0 Å². The summed E-state index contributed by atoms with van der Waals surface area (Å²) in [5.41, 5.74) is 0.0796. The predicted molar refractivity (Wildman–Crippen MR) is 129 cm³/mol. The van der Waals surface area contributed by atoms with Crippen molar-refractivity contribution < 1.29 is 18.3 Å². The molecule has 1 unspecified atom stereocenters. The molecule has 7 heteroatoms. The Morgan fingerprint density at radius 1 is 0.968 bits per heavy atom. The highest BCUT2D eigenvalue weighted by molar-refractivity contribution is 7.98. The number of ketones is 1. The summed E-state index contributed by atoms with van der Waals surface area (Å²) in [5.74, 6) is -0.906. The summed E-state index contributed by atoms with van der Waals surface area (Å²) in [6.07, 6.45) is 1.91. The zero-order chi connectivity index (χ0) is 22.6. The fourth-order valence-electron chi connectivity index (χ4n) is 3.25. The van der Waals surface area contributed by atoms with Gasteiger partial charge in [-0.2, -0.15) is 12.6 Å². The maximum Gasteiger partial charge on any atom is 0.199 e. The first-order valence-electron chi connectivity index (χ1n) is 9.60. The molecule has 0 aromatic heterocycles. The smallest absolute Gasteiger partial charge is 0.199 e. The van der Waals surface area contributed by atoms with E-state index in [0.29, 0.717) is 5.75 Å². The summed E-state index contributed by atoms with van der Waals surface area (Å²) in [4.78, 5) is 14.5. The van der Waals surface area contributed by atoms with Gasteiger partial charge >= 0.3 is 0 Å². The van der Waals surface area contributed by atoms with Crippen molar-refractivity contribution in [1.82, 2.24) is 0 Å². The molecular weight excluding hydrogens is 448 g/mol. The van der Waals surface area contributed by atoms with E-state index in [1.165, 1.54) is 23.9 Å². The van der Waals surface area contributed by atoms with Crippen molar-refractivity contribution in [1.29, 1.82) is 0 Å². The minimum Gasteiger partial charge on any atom is -0.376 e. The maximum absolute atomic E-state index is 13.4. The molecule has 31 heavy (non-hydrogen) atoms. The minimum atomic E-state index is -3.95. The SMILES string of the molecule is CSc1ccc(C(O)(CS(=O)(=O)c2ccc(C)cc2)C(=O)c2ccc(CS)cc2)cc1. The number of carbonyl (C=O) groups is 1. The van der Waals surface area contributed by atoms with E-state index in [2.05, 4.69) is 12.6 Å². The Morgan fingerprint density at radius 2 is 1.55 bits per heavy atom. The van der Waals surface area contributed by atoms with Crippen LogP contribution < -0.4 is 0 Å². The van der Waals surface area contributed by atoms with Crippen LogP contribution in [-0.2, 0) is 21.2 Å². The summed E-state index contributed by atoms with van der Waals surface area (Å²) in [5, 5.41) is 11.6. The van der Waals surface area contributed by atoms with Crippen LogP contribution in [0.2, 0.25) is 0 Å². The highest BCUT2D eigenvalue weighted by atomic mass is 32.2. The van der Waals surface area contributed by atoms with Gasteiger partial charge in [0.1, 0.15) is 0 Å². The number of benzene rings is 3. The Balaban J connectivity index is 2.08. The summed E-state index contributed by atoms with van der Waals surface area (Å²) in [6.45, 7) is 1.86. The highest BCUT2D eigenvalue weighted by Crippen LogP contribution is 2.31. The number of thioether (sulfide) groups is 1. The molecule has 3 rings (SSSR count). The molecule has 0 spiro atoms. The van der Waals surface area contributed by atoms with Crippen molar-refractivity contribution in [2.24, 2.45) is 0 Å². The number of Topliss-reactive ketones (excluding diaryl/α,β-unsaturated/α-hetero) is 1. The first-order chi connectivity index (χ1) is 14.7. The summed E-state index contributed by atoms with van der Waals surface area (Å²) in [6, 6.07) is 19.8.